The molecule has 3 nitrogen and oxygen atoms in total. The topological polar surface area (TPSA) is 42.0 Å². The molecule has 1 N–H and O–H groups in total. The highest BCUT2D eigenvalue weighted by atomic mass is 32.2. The van der Waals surface area contributed by atoms with Crippen LogP contribution in [-0.2, 0) is 4.79 Å². The molecular formula is C18H16F2N2OS2. The number of hydrogen-bond acceptors (Lipinski definition) is 4. The van der Waals surface area contributed by atoms with E-state index in [4.69, 9.17) is 0 Å². The maximum absolute atomic E-state index is 13.5. The Morgan fingerprint density at radius 1 is 1.16 bits per heavy atom. The number of rotatable bonds is 7. The SMILES string of the molecule is O=C(CCCCSc1nc2ccccc2s1)Nc1ccc(F)cc1F. The number of thioether (sulfide) groups is 1. The molecule has 0 spiro atoms. The summed E-state index contributed by atoms with van der Waals surface area (Å²) in [6.07, 6.45) is 1.86. The third-order valence-corrected chi connectivity index (χ3v) is 5.77. The molecule has 1 heterocycles. The van der Waals surface area contributed by atoms with Gasteiger partial charge >= 0.3 is 0 Å². The minimum Gasteiger partial charge on any atom is -0.324 e. The molecule has 0 unspecified atom stereocenters. The van der Waals surface area contributed by atoms with Crippen LogP contribution in [0.15, 0.2) is 46.8 Å². The van der Waals surface area contributed by atoms with Crippen LogP contribution in [0.25, 0.3) is 10.2 Å². The fourth-order valence-corrected chi connectivity index (χ4v) is 4.40. The first-order chi connectivity index (χ1) is 12.1. The minimum absolute atomic E-state index is 0.00949. The van der Waals surface area contributed by atoms with Crippen molar-refractivity contribution in [2.45, 2.75) is 23.6 Å². The second-order valence-electron chi connectivity index (χ2n) is 5.43. The summed E-state index contributed by atoms with van der Waals surface area (Å²) in [6.45, 7) is 0. The third kappa shape index (κ3) is 4.99. The van der Waals surface area contributed by atoms with E-state index in [1.165, 1.54) is 10.8 Å². The van der Waals surface area contributed by atoms with Crippen molar-refractivity contribution in [1.29, 1.82) is 0 Å². The van der Waals surface area contributed by atoms with Gasteiger partial charge in [-0.1, -0.05) is 23.9 Å². The molecule has 1 amide bonds. The van der Waals surface area contributed by atoms with Crippen molar-refractivity contribution in [3.05, 3.63) is 54.1 Å². The number of benzene rings is 2. The molecule has 1 aromatic heterocycles. The maximum atomic E-state index is 13.5. The number of nitrogens with one attached hydrogen (secondary N) is 1. The van der Waals surface area contributed by atoms with Gasteiger partial charge in [-0.25, -0.2) is 13.8 Å². The highest BCUT2D eigenvalue weighted by Crippen LogP contribution is 2.29. The lowest BCUT2D eigenvalue weighted by atomic mass is 10.2. The molecule has 0 aliphatic carbocycles. The average molecular weight is 378 g/mol. The molecule has 3 rings (SSSR count). The molecule has 2 aromatic carbocycles. The Morgan fingerprint density at radius 3 is 2.80 bits per heavy atom. The lowest BCUT2D eigenvalue weighted by Gasteiger charge is -2.06. The summed E-state index contributed by atoms with van der Waals surface area (Å²) in [6, 6.07) is 11.1. The predicted molar refractivity (Wildman–Crippen MR) is 99.2 cm³/mol. The second kappa shape index (κ2) is 8.40. The van der Waals surface area contributed by atoms with Gasteiger partial charge in [0.25, 0.3) is 0 Å². The lowest BCUT2D eigenvalue weighted by Crippen LogP contribution is -2.12. The Kier molecular flexibility index (Phi) is 5.99. The van der Waals surface area contributed by atoms with Gasteiger partial charge in [0, 0.05) is 18.2 Å². The van der Waals surface area contributed by atoms with Gasteiger partial charge in [-0.15, -0.1) is 11.3 Å². The van der Waals surface area contributed by atoms with E-state index < -0.39 is 11.6 Å². The molecule has 0 saturated carbocycles. The van der Waals surface area contributed by atoms with Gasteiger partial charge in [-0.3, -0.25) is 4.79 Å². The molecular weight excluding hydrogens is 362 g/mol. The number of carbonyl (C=O) groups is 1. The number of aromatic nitrogens is 1. The van der Waals surface area contributed by atoms with Crippen molar-refractivity contribution in [3.63, 3.8) is 0 Å². The van der Waals surface area contributed by atoms with E-state index >= 15 is 0 Å². The second-order valence-corrected chi connectivity index (χ2v) is 7.80. The van der Waals surface area contributed by atoms with Crippen LogP contribution < -0.4 is 5.32 Å². The molecule has 0 radical (unpaired) electrons. The number of para-hydroxylation sites is 1. The summed E-state index contributed by atoms with van der Waals surface area (Å²) in [5.74, 6) is -0.824. The van der Waals surface area contributed by atoms with Gasteiger partial charge in [0.05, 0.1) is 15.9 Å². The van der Waals surface area contributed by atoms with Crippen molar-refractivity contribution in [2.75, 3.05) is 11.1 Å². The monoisotopic (exact) mass is 378 g/mol. The van der Waals surface area contributed by atoms with Gasteiger partial charge in [-0.05, 0) is 37.1 Å². The molecule has 0 bridgehead atoms. The number of fused-ring (bicyclic) bond motifs is 1. The standard InChI is InChI=1S/C18H16F2N2OS2/c19-12-8-9-14(13(20)11-12)21-17(23)7-3-4-10-24-18-22-15-5-1-2-6-16(15)25-18/h1-2,5-6,8-9,11H,3-4,7,10H2,(H,21,23). The molecule has 130 valence electrons. The Bertz CT molecular complexity index is 849. The smallest absolute Gasteiger partial charge is 0.224 e. The van der Waals surface area contributed by atoms with Gasteiger partial charge in [0.2, 0.25) is 5.91 Å². The third-order valence-electron chi connectivity index (χ3n) is 3.50. The van der Waals surface area contributed by atoms with Crippen molar-refractivity contribution in [1.82, 2.24) is 4.98 Å². The molecule has 0 atom stereocenters. The van der Waals surface area contributed by atoms with E-state index in [9.17, 15) is 13.6 Å². The van der Waals surface area contributed by atoms with Crippen molar-refractivity contribution in [3.8, 4) is 0 Å². The Hall–Kier alpha value is -1.99. The predicted octanol–water partition coefficient (Wildman–Crippen LogP) is 5.48. The van der Waals surface area contributed by atoms with Crippen LogP contribution in [0.3, 0.4) is 0 Å². The van der Waals surface area contributed by atoms with Crippen LogP contribution in [0, 0.1) is 11.6 Å². The van der Waals surface area contributed by atoms with Crippen molar-refractivity contribution < 1.29 is 13.6 Å². The van der Waals surface area contributed by atoms with Crippen molar-refractivity contribution >= 4 is 44.9 Å². The number of hydrogen-bond donors (Lipinski definition) is 1. The Labute approximate surface area is 152 Å². The van der Waals surface area contributed by atoms with E-state index in [2.05, 4.69) is 16.4 Å². The summed E-state index contributed by atoms with van der Waals surface area (Å²) >= 11 is 3.35. The van der Waals surface area contributed by atoms with Gasteiger partial charge < -0.3 is 5.32 Å². The summed E-state index contributed by atoms with van der Waals surface area (Å²) in [4.78, 5) is 16.4. The van der Waals surface area contributed by atoms with Gasteiger partial charge in [-0.2, -0.15) is 0 Å². The van der Waals surface area contributed by atoms with E-state index in [1.807, 2.05) is 18.2 Å². The quantitative estimate of drug-likeness (QED) is 0.437. The first-order valence-corrected chi connectivity index (χ1v) is 9.65. The number of nitrogens with zero attached hydrogens (tertiary/aromatic N) is 1. The summed E-state index contributed by atoms with van der Waals surface area (Å²) in [5.41, 5.74) is 1.02. The average Bonchev–Trinajstić information content (AvgIpc) is 3.00. The molecule has 25 heavy (non-hydrogen) atoms. The lowest BCUT2D eigenvalue weighted by molar-refractivity contribution is -0.116. The largest absolute Gasteiger partial charge is 0.324 e. The highest BCUT2D eigenvalue weighted by molar-refractivity contribution is 8.01. The van der Waals surface area contributed by atoms with Crippen LogP contribution in [-0.4, -0.2) is 16.6 Å². The Morgan fingerprint density at radius 2 is 2.00 bits per heavy atom. The summed E-state index contributed by atoms with van der Waals surface area (Å²) in [5, 5.41) is 2.47. The molecule has 0 aliphatic rings. The van der Waals surface area contributed by atoms with Crippen LogP contribution >= 0.6 is 23.1 Å². The zero-order valence-corrected chi connectivity index (χ0v) is 14.9. The number of carbonyl (C=O) groups excluding carboxylic acids is 1. The van der Waals surface area contributed by atoms with E-state index in [1.54, 1.807) is 23.1 Å². The van der Waals surface area contributed by atoms with Gasteiger partial charge in [0.1, 0.15) is 11.6 Å². The molecule has 0 fully saturated rings. The Balaban J connectivity index is 1.38. The summed E-state index contributed by atoms with van der Waals surface area (Å²) in [7, 11) is 0. The van der Waals surface area contributed by atoms with Crippen LogP contribution in [0.4, 0.5) is 14.5 Å². The van der Waals surface area contributed by atoms with E-state index in [-0.39, 0.29) is 11.6 Å². The minimum atomic E-state index is -0.764. The van der Waals surface area contributed by atoms with Crippen LogP contribution in [0.1, 0.15) is 19.3 Å². The zero-order chi connectivity index (χ0) is 17.6. The van der Waals surface area contributed by atoms with E-state index in [0.29, 0.717) is 12.8 Å². The first-order valence-electron chi connectivity index (χ1n) is 7.85. The number of halogens is 2. The fraction of sp³-hybridized carbons (Fsp3) is 0.222. The van der Waals surface area contributed by atoms with Crippen LogP contribution in [0.5, 0.6) is 0 Å². The summed E-state index contributed by atoms with van der Waals surface area (Å²) < 4.78 is 28.5. The zero-order valence-electron chi connectivity index (χ0n) is 13.3. The molecule has 3 aromatic rings. The number of unbranched alkanes of at least 4 members (excludes halogenated alkanes) is 1. The normalized spacial score (nSPS) is 11.0. The van der Waals surface area contributed by atoms with Crippen molar-refractivity contribution in [2.24, 2.45) is 0 Å². The fourth-order valence-electron chi connectivity index (χ4n) is 2.26. The first kappa shape index (κ1) is 17.8. The van der Waals surface area contributed by atoms with Crippen LogP contribution in [0.2, 0.25) is 0 Å². The van der Waals surface area contributed by atoms with Gasteiger partial charge in [0.15, 0.2) is 4.34 Å². The molecule has 0 aliphatic heterocycles. The molecule has 7 heteroatoms. The maximum Gasteiger partial charge on any atom is 0.224 e. The highest BCUT2D eigenvalue weighted by Gasteiger charge is 2.08. The number of thiazole rings is 1. The number of anilines is 1. The molecule has 0 saturated heterocycles. The number of amides is 1. The van der Waals surface area contributed by atoms with E-state index in [0.717, 1.165) is 34.2 Å².